The maximum Gasteiger partial charge on any atom is 0.264 e. The first-order chi connectivity index (χ1) is 9.00. The maximum atomic E-state index is 12.4. The molecule has 0 radical (unpaired) electrons. The summed E-state index contributed by atoms with van der Waals surface area (Å²) in [6, 6.07) is 7.16. The van der Waals surface area contributed by atoms with Crippen molar-refractivity contribution < 1.29 is 14.7 Å². The van der Waals surface area contributed by atoms with E-state index in [0.29, 0.717) is 12.1 Å². The van der Waals surface area contributed by atoms with Gasteiger partial charge in [0.15, 0.2) is 5.60 Å². The third kappa shape index (κ3) is 2.28. The van der Waals surface area contributed by atoms with E-state index in [1.165, 1.54) is 6.92 Å². The molecule has 1 N–H and O–H groups in total. The minimum absolute atomic E-state index is 0.161. The number of hydrogen-bond donors (Lipinski definition) is 1. The van der Waals surface area contributed by atoms with Crippen LogP contribution in [0.1, 0.15) is 38.7 Å². The largest absolute Gasteiger partial charge is 0.375 e. The van der Waals surface area contributed by atoms with Gasteiger partial charge in [-0.2, -0.15) is 0 Å². The van der Waals surface area contributed by atoms with Crippen LogP contribution in [0.25, 0.3) is 0 Å². The number of rotatable bonds is 5. The standard InChI is InChI=1S/C15H19NO3/c1-3-4-9-16-13-8-6-5-7-12(13)15(19,14(16)18)10-11(2)17/h5-8,19H,3-4,9-10H2,1-2H3/t15-/m1/s1. The molecule has 0 unspecified atom stereocenters. The van der Waals surface area contributed by atoms with Crippen LogP contribution in [0.3, 0.4) is 0 Å². The number of fused-ring (bicyclic) bond motifs is 1. The van der Waals surface area contributed by atoms with Gasteiger partial charge in [0.2, 0.25) is 0 Å². The fourth-order valence-corrected chi connectivity index (χ4v) is 2.58. The SMILES string of the molecule is CCCCN1C(=O)[C@@](O)(CC(C)=O)c2ccccc21. The molecule has 0 saturated heterocycles. The number of carbonyl (C=O) groups is 2. The first-order valence-corrected chi connectivity index (χ1v) is 6.64. The molecule has 0 aliphatic carbocycles. The zero-order chi connectivity index (χ0) is 14.0. The summed E-state index contributed by atoms with van der Waals surface area (Å²) >= 11 is 0. The predicted octanol–water partition coefficient (Wildman–Crippen LogP) is 2.00. The quantitative estimate of drug-likeness (QED) is 0.882. The van der Waals surface area contributed by atoms with E-state index in [4.69, 9.17) is 0 Å². The van der Waals surface area contributed by atoms with Crippen LogP contribution in [0.2, 0.25) is 0 Å². The van der Waals surface area contributed by atoms with E-state index < -0.39 is 5.60 Å². The van der Waals surface area contributed by atoms with E-state index in [9.17, 15) is 14.7 Å². The van der Waals surface area contributed by atoms with Crippen molar-refractivity contribution in [2.45, 2.75) is 38.7 Å². The summed E-state index contributed by atoms with van der Waals surface area (Å²) in [7, 11) is 0. The van der Waals surface area contributed by atoms with Gasteiger partial charge in [-0.25, -0.2) is 0 Å². The van der Waals surface area contributed by atoms with Crippen LogP contribution in [-0.2, 0) is 15.2 Å². The minimum Gasteiger partial charge on any atom is -0.375 e. The van der Waals surface area contributed by atoms with Crippen molar-refractivity contribution in [1.82, 2.24) is 0 Å². The average molecular weight is 261 g/mol. The molecule has 0 spiro atoms. The lowest BCUT2D eigenvalue weighted by Crippen LogP contribution is -2.41. The Morgan fingerprint density at radius 1 is 1.37 bits per heavy atom. The van der Waals surface area contributed by atoms with Crippen molar-refractivity contribution in [3.8, 4) is 0 Å². The molecule has 4 nitrogen and oxygen atoms in total. The van der Waals surface area contributed by atoms with Crippen LogP contribution in [0.15, 0.2) is 24.3 Å². The van der Waals surface area contributed by atoms with Gasteiger partial charge in [0, 0.05) is 18.5 Å². The molecule has 1 aromatic rings. The minimum atomic E-state index is -1.68. The summed E-state index contributed by atoms with van der Waals surface area (Å²) in [5.41, 5.74) is -0.410. The number of unbranched alkanes of at least 4 members (excludes halogenated alkanes) is 1. The molecule has 1 aliphatic heterocycles. The summed E-state index contributed by atoms with van der Waals surface area (Å²) in [4.78, 5) is 25.4. The number of hydrogen-bond acceptors (Lipinski definition) is 3. The molecule has 1 atom stereocenters. The first-order valence-electron chi connectivity index (χ1n) is 6.64. The van der Waals surface area contributed by atoms with Gasteiger partial charge >= 0.3 is 0 Å². The lowest BCUT2D eigenvalue weighted by atomic mass is 9.90. The number of aliphatic hydroxyl groups is 1. The predicted molar refractivity (Wildman–Crippen MR) is 72.9 cm³/mol. The van der Waals surface area contributed by atoms with Gasteiger partial charge < -0.3 is 10.0 Å². The second-order valence-corrected chi connectivity index (χ2v) is 5.07. The number of nitrogens with zero attached hydrogens (tertiary/aromatic N) is 1. The molecule has 4 heteroatoms. The molecule has 1 aromatic carbocycles. The Hall–Kier alpha value is -1.68. The normalized spacial score (nSPS) is 21.6. The van der Waals surface area contributed by atoms with Crippen LogP contribution in [0.5, 0.6) is 0 Å². The van der Waals surface area contributed by atoms with Crippen molar-refractivity contribution in [3.05, 3.63) is 29.8 Å². The molecule has 1 amide bonds. The molecule has 0 aromatic heterocycles. The van der Waals surface area contributed by atoms with Crippen LogP contribution in [-0.4, -0.2) is 23.3 Å². The molecule has 1 heterocycles. The number of ketones is 1. The Morgan fingerprint density at radius 2 is 2.05 bits per heavy atom. The number of amides is 1. The molecule has 1 aliphatic rings. The third-order valence-corrected chi connectivity index (χ3v) is 3.48. The fourth-order valence-electron chi connectivity index (χ4n) is 2.58. The molecule has 0 bridgehead atoms. The highest BCUT2D eigenvalue weighted by Crippen LogP contribution is 2.42. The van der Waals surface area contributed by atoms with Crippen molar-refractivity contribution in [2.24, 2.45) is 0 Å². The highest BCUT2D eigenvalue weighted by atomic mass is 16.3. The highest BCUT2D eigenvalue weighted by molar-refractivity contribution is 6.08. The van der Waals surface area contributed by atoms with Crippen LogP contribution < -0.4 is 4.90 Å². The van der Waals surface area contributed by atoms with Crippen molar-refractivity contribution >= 4 is 17.4 Å². The average Bonchev–Trinajstić information content (AvgIpc) is 2.57. The first kappa shape index (κ1) is 13.7. The summed E-state index contributed by atoms with van der Waals surface area (Å²) in [5.74, 6) is -0.569. The Balaban J connectivity index is 2.43. The van der Waals surface area contributed by atoms with Crippen molar-refractivity contribution in [2.75, 3.05) is 11.4 Å². The van der Waals surface area contributed by atoms with Gasteiger partial charge in [0.05, 0.1) is 5.69 Å². The van der Waals surface area contributed by atoms with E-state index in [1.54, 1.807) is 17.0 Å². The Morgan fingerprint density at radius 3 is 2.68 bits per heavy atom. The Bertz CT molecular complexity index is 512. The molecule has 0 fully saturated rings. The van der Waals surface area contributed by atoms with Gasteiger partial charge in [0.1, 0.15) is 5.78 Å². The number of para-hydroxylation sites is 1. The van der Waals surface area contributed by atoms with E-state index in [1.807, 2.05) is 19.1 Å². The number of anilines is 1. The van der Waals surface area contributed by atoms with Crippen LogP contribution >= 0.6 is 0 Å². The zero-order valence-electron chi connectivity index (χ0n) is 11.3. The summed E-state index contributed by atoms with van der Waals surface area (Å²) in [5, 5.41) is 10.6. The number of Topliss-reactive ketones (excluding diaryl/α,β-unsaturated/α-hetero) is 1. The van der Waals surface area contributed by atoms with Gasteiger partial charge in [-0.15, -0.1) is 0 Å². The summed E-state index contributed by atoms with van der Waals surface area (Å²) in [6.07, 6.45) is 1.68. The van der Waals surface area contributed by atoms with Crippen molar-refractivity contribution in [1.29, 1.82) is 0 Å². The number of benzene rings is 1. The highest BCUT2D eigenvalue weighted by Gasteiger charge is 2.49. The molecule has 102 valence electrons. The zero-order valence-corrected chi connectivity index (χ0v) is 11.3. The third-order valence-electron chi connectivity index (χ3n) is 3.48. The van der Waals surface area contributed by atoms with E-state index in [2.05, 4.69) is 0 Å². The van der Waals surface area contributed by atoms with Gasteiger partial charge in [-0.3, -0.25) is 9.59 Å². The summed E-state index contributed by atoms with van der Waals surface area (Å²) in [6.45, 7) is 4.02. The van der Waals surface area contributed by atoms with E-state index >= 15 is 0 Å². The summed E-state index contributed by atoms with van der Waals surface area (Å²) < 4.78 is 0. The topological polar surface area (TPSA) is 57.6 Å². The van der Waals surface area contributed by atoms with Gasteiger partial charge in [-0.1, -0.05) is 31.5 Å². The van der Waals surface area contributed by atoms with Crippen molar-refractivity contribution in [3.63, 3.8) is 0 Å². The Kier molecular flexibility index (Phi) is 3.71. The lowest BCUT2D eigenvalue weighted by Gasteiger charge is -2.22. The molecule has 0 saturated carbocycles. The molecule has 2 rings (SSSR count). The second kappa shape index (κ2) is 5.13. The Labute approximate surface area is 113 Å². The lowest BCUT2D eigenvalue weighted by molar-refractivity contribution is -0.141. The molecule has 19 heavy (non-hydrogen) atoms. The molecular weight excluding hydrogens is 242 g/mol. The number of carbonyl (C=O) groups excluding carboxylic acids is 2. The second-order valence-electron chi connectivity index (χ2n) is 5.07. The fraction of sp³-hybridized carbons (Fsp3) is 0.467. The van der Waals surface area contributed by atoms with Gasteiger partial charge in [0.25, 0.3) is 5.91 Å². The molecular formula is C15H19NO3. The van der Waals surface area contributed by atoms with E-state index in [-0.39, 0.29) is 18.1 Å². The van der Waals surface area contributed by atoms with Crippen LogP contribution in [0, 0.1) is 0 Å². The van der Waals surface area contributed by atoms with E-state index in [0.717, 1.165) is 18.5 Å². The monoisotopic (exact) mass is 261 g/mol. The van der Waals surface area contributed by atoms with Crippen LogP contribution in [0.4, 0.5) is 5.69 Å². The maximum absolute atomic E-state index is 12.4. The smallest absolute Gasteiger partial charge is 0.264 e. The van der Waals surface area contributed by atoms with Gasteiger partial charge in [-0.05, 0) is 19.4 Å².